The number of aliphatic hydroxyl groups excluding tert-OH is 2. The summed E-state index contributed by atoms with van der Waals surface area (Å²) in [5.74, 6) is -0.488. The van der Waals surface area contributed by atoms with Crippen molar-refractivity contribution in [3.63, 3.8) is 0 Å². The number of fused-ring (bicyclic) bond motifs is 1. The minimum Gasteiger partial charge on any atom is -0.485 e. The molecule has 0 spiro atoms. The van der Waals surface area contributed by atoms with Gasteiger partial charge in [0.2, 0.25) is 0 Å². The number of nitrogen functional groups attached to an aromatic ring is 1. The molecule has 3 aromatic rings. The van der Waals surface area contributed by atoms with Gasteiger partial charge in [-0.15, -0.1) is 0 Å². The SMILES string of the molecule is CCCCCCCCCCCCCCCCCOC[C@H](COP(=O)(O)OC[C@@]1(C)O[C@@H](c2ccc3c(N)ncnn23)[C@H](O)[C@@H]1O)Oc1ccc(C#N)c(F)c1. The number of phosphoric ester groups is 1. The van der Waals surface area contributed by atoms with Crippen molar-refractivity contribution in [1.29, 1.82) is 5.26 Å². The molecule has 55 heavy (non-hydrogen) atoms. The average Bonchev–Trinajstić information content (AvgIpc) is 3.70. The van der Waals surface area contributed by atoms with Gasteiger partial charge in [0.25, 0.3) is 0 Å². The van der Waals surface area contributed by atoms with Crippen molar-refractivity contribution in [2.24, 2.45) is 0 Å². The second-order valence-corrected chi connectivity index (χ2v) is 16.0. The van der Waals surface area contributed by atoms with Crippen LogP contribution in [0.1, 0.15) is 128 Å². The summed E-state index contributed by atoms with van der Waals surface area (Å²) in [7, 11) is -4.79. The highest BCUT2D eigenvalue weighted by atomic mass is 31.2. The molecule has 1 saturated heterocycles. The minimum absolute atomic E-state index is 0.0347. The van der Waals surface area contributed by atoms with Gasteiger partial charge in [-0.05, 0) is 37.6 Å². The average molecular weight is 792 g/mol. The molecular formula is C39H59FN5O9P. The smallest absolute Gasteiger partial charge is 0.472 e. The second kappa shape index (κ2) is 22.5. The first-order valence-electron chi connectivity index (χ1n) is 19.7. The molecule has 4 rings (SSSR count). The molecule has 0 aliphatic carbocycles. The third kappa shape index (κ3) is 13.8. The molecule has 0 amide bonds. The normalized spacial score (nSPS) is 21.4. The predicted octanol–water partition coefficient (Wildman–Crippen LogP) is 7.34. The maximum absolute atomic E-state index is 14.3. The highest BCUT2D eigenvalue weighted by molar-refractivity contribution is 7.47. The van der Waals surface area contributed by atoms with Crippen molar-refractivity contribution >= 4 is 19.2 Å². The Morgan fingerprint density at radius 1 is 0.982 bits per heavy atom. The number of halogens is 1. The summed E-state index contributed by atoms with van der Waals surface area (Å²) < 4.78 is 57.0. The molecule has 1 aromatic carbocycles. The number of anilines is 1. The van der Waals surface area contributed by atoms with Crippen LogP contribution in [0.2, 0.25) is 0 Å². The van der Waals surface area contributed by atoms with Crippen LogP contribution in [0.5, 0.6) is 5.75 Å². The summed E-state index contributed by atoms with van der Waals surface area (Å²) in [5, 5.41) is 35.0. The van der Waals surface area contributed by atoms with Crippen molar-refractivity contribution in [2.75, 3.05) is 32.2 Å². The Morgan fingerprint density at radius 2 is 1.62 bits per heavy atom. The van der Waals surface area contributed by atoms with Gasteiger partial charge >= 0.3 is 7.82 Å². The molecule has 0 bridgehead atoms. The number of hydrogen-bond donors (Lipinski definition) is 4. The van der Waals surface area contributed by atoms with Crippen LogP contribution in [-0.4, -0.2) is 80.0 Å². The zero-order valence-corrected chi connectivity index (χ0v) is 33.1. The van der Waals surface area contributed by atoms with Gasteiger partial charge in [-0.1, -0.05) is 96.8 Å². The number of ether oxygens (including phenoxy) is 3. The van der Waals surface area contributed by atoms with E-state index in [1.165, 1.54) is 107 Å². The monoisotopic (exact) mass is 791 g/mol. The van der Waals surface area contributed by atoms with Crippen LogP contribution in [0.4, 0.5) is 10.2 Å². The van der Waals surface area contributed by atoms with Crippen LogP contribution in [0.15, 0.2) is 36.7 Å². The van der Waals surface area contributed by atoms with Crippen LogP contribution in [0.25, 0.3) is 5.52 Å². The molecule has 5 N–H and O–H groups in total. The molecule has 14 nitrogen and oxygen atoms in total. The summed E-state index contributed by atoms with van der Waals surface area (Å²) in [4.78, 5) is 14.5. The second-order valence-electron chi connectivity index (χ2n) is 14.5. The fourth-order valence-corrected chi connectivity index (χ4v) is 7.53. The Morgan fingerprint density at radius 3 is 2.24 bits per heavy atom. The van der Waals surface area contributed by atoms with Gasteiger partial charge in [0.15, 0.2) is 5.82 Å². The Bertz CT molecular complexity index is 1690. The molecule has 16 heteroatoms. The number of nitrogens with zero attached hydrogens (tertiary/aromatic N) is 4. The predicted molar refractivity (Wildman–Crippen MR) is 205 cm³/mol. The summed E-state index contributed by atoms with van der Waals surface area (Å²) in [5.41, 5.74) is 4.99. The highest BCUT2D eigenvalue weighted by Gasteiger charge is 2.53. The molecule has 2 aromatic heterocycles. The number of phosphoric acid groups is 1. The van der Waals surface area contributed by atoms with E-state index in [1.807, 2.05) is 0 Å². The van der Waals surface area contributed by atoms with E-state index < -0.39 is 56.9 Å². The van der Waals surface area contributed by atoms with E-state index in [-0.39, 0.29) is 23.7 Å². The van der Waals surface area contributed by atoms with Gasteiger partial charge in [0.05, 0.1) is 31.1 Å². The lowest BCUT2D eigenvalue weighted by Gasteiger charge is -2.28. The summed E-state index contributed by atoms with van der Waals surface area (Å²) in [6, 6.07) is 8.74. The molecule has 6 atom stereocenters. The largest absolute Gasteiger partial charge is 0.485 e. The van der Waals surface area contributed by atoms with Crippen LogP contribution in [-0.2, 0) is 23.1 Å². The highest BCUT2D eigenvalue weighted by Crippen LogP contribution is 2.47. The van der Waals surface area contributed by atoms with E-state index >= 15 is 0 Å². The van der Waals surface area contributed by atoms with Crippen molar-refractivity contribution in [3.05, 3.63) is 53.7 Å². The Kier molecular flexibility index (Phi) is 18.2. The molecule has 3 heterocycles. The topological polar surface area (TPSA) is 204 Å². The lowest BCUT2D eigenvalue weighted by atomic mass is 9.97. The number of aliphatic hydroxyl groups is 2. The van der Waals surface area contributed by atoms with E-state index in [4.69, 9.17) is 34.3 Å². The van der Waals surface area contributed by atoms with Gasteiger partial charge in [0.1, 0.15) is 59.5 Å². The Hall–Kier alpha value is -3.19. The number of unbranched alkanes of at least 4 members (excludes halogenated alkanes) is 14. The van der Waals surface area contributed by atoms with Gasteiger partial charge in [-0.25, -0.2) is 18.5 Å². The Balaban J connectivity index is 1.20. The number of benzene rings is 1. The van der Waals surface area contributed by atoms with E-state index in [1.54, 1.807) is 18.2 Å². The van der Waals surface area contributed by atoms with Crippen LogP contribution >= 0.6 is 7.82 Å². The first kappa shape index (κ1) is 44.5. The van der Waals surface area contributed by atoms with Gasteiger partial charge in [0, 0.05) is 12.7 Å². The van der Waals surface area contributed by atoms with E-state index in [0.717, 1.165) is 25.3 Å². The molecular weight excluding hydrogens is 732 g/mol. The van der Waals surface area contributed by atoms with Crippen LogP contribution < -0.4 is 10.5 Å². The van der Waals surface area contributed by atoms with E-state index in [0.29, 0.717) is 17.8 Å². The molecule has 1 unspecified atom stereocenters. The number of nitrogens with two attached hydrogens (primary N) is 1. The third-order valence-electron chi connectivity index (χ3n) is 9.96. The maximum atomic E-state index is 14.3. The van der Waals surface area contributed by atoms with Gasteiger partial charge in [-0.2, -0.15) is 10.4 Å². The first-order chi connectivity index (χ1) is 26.5. The van der Waals surface area contributed by atoms with Crippen molar-refractivity contribution in [1.82, 2.24) is 14.6 Å². The first-order valence-corrected chi connectivity index (χ1v) is 21.2. The third-order valence-corrected chi connectivity index (χ3v) is 10.9. The molecule has 0 saturated carbocycles. The summed E-state index contributed by atoms with van der Waals surface area (Å²) >= 11 is 0. The maximum Gasteiger partial charge on any atom is 0.472 e. The molecule has 1 aliphatic rings. The van der Waals surface area contributed by atoms with Crippen LogP contribution in [0, 0.1) is 17.1 Å². The zero-order chi connectivity index (χ0) is 39.7. The number of nitriles is 1. The van der Waals surface area contributed by atoms with Crippen molar-refractivity contribution in [3.8, 4) is 11.8 Å². The number of aromatic nitrogens is 3. The van der Waals surface area contributed by atoms with Gasteiger partial charge < -0.3 is 35.1 Å². The zero-order valence-electron chi connectivity index (χ0n) is 32.2. The lowest BCUT2D eigenvalue weighted by molar-refractivity contribution is -0.100. The minimum atomic E-state index is -4.79. The van der Waals surface area contributed by atoms with Crippen LogP contribution in [0.3, 0.4) is 0 Å². The molecule has 1 aliphatic heterocycles. The molecule has 1 fully saturated rings. The number of hydrogen-bond acceptors (Lipinski definition) is 12. The summed E-state index contributed by atoms with van der Waals surface area (Å²) in [6.45, 7) is 2.97. The number of rotatable bonds is 27. The standard InChI is InChI=1S/C39H59FN5O9P/c1-3-4-5-6-7-8-9-10-11-12-13-14-15-16-17-22-50-25-31(53-30-19-18-29(24-41)32(40)23-30)26-51-55(48,49)52-27-39(2)37(47)35(46)36(54-39)33-20-21-34-38(42)43-28-44-45(33)34/h18-21,23,28,31,35-37,46-47H,3-17,22,25-27H2,1-2H3,(H,48,49)(H2,42,43,44)/t31-,35+,36+,37+,39-/m1/s1. The Labute approximate surface area is 323 Å². The fourth-order valence-electron chi connectivity index (χ4n) is 6.68. The quantitative estimate of drug-likeness (QED) is 0.0441. The fraction of sp³-hybridized carbons (Fsp3) is 0.667. The molecule has 0 radical (unpaired) electrons. The van der Waals surface area contributed by atoms with E-state index in [9.17, 15) is 24.1 Å². The molecule has 306 valence electrons. The van der Waals surface area contributed by atoms with E-state index in [2.05, 4.69) is 17.0 Å². The summed E-state index contributed by atoms with van der Waals surface area (Å²) in [6.07, 6.45) is 15.0. The van der Waals surface area contributed by atoms with Crippen molar-refractivity contribution < 1.29 is 47.3 Å². The van der Waals surface area contributed by atoms with Crippen molar-refractivity contribution in [2.45, 2.75) is 140 Å². The lowest BCUT2D eigenvalue weighted by Crippen LogP contribution is -2.44. The van der Waals surface area contributed by atoms with Gasteiger partial charge in [-0.3, -0.25) is 9.05 Å².